The molecule has 106 valence electrons. The summed E-state index contributed by atoms with van der Waals surface area (Å²) in [6, 6.07) is 9.95. The number of hydrogen-bond donors (Lipinski definition) is 1. The number of rotatable bonds is 3. The van der Waals surface area contributed by atoms with E-state index in [1.807, 2.05) is 30.3 Å². The summed E-state index contributed by atoms with van der Waals surface area (Å²) in [6.07, 6.45) is 4.57. The van der Waals surface area contributed by atoms with Crippen LogP contribution < -0.4 is 5.32 Å². The number of carbonyl (C=O) groups is 1. The van der Waals surface area contributed by atoms with Gasteiger partial charge in [-0.05, 0) is 12.0 Å². The molecule has 3 rings (SSSR count). The largest absolute Gasteiger partial charge is 0.310 e. The maximum absolute atomic E-state index is 12.1. The van der Waals surface area contributed by atoms with E-state index in [0.717, 1.165) is 16.9 Å². The van der Waals surface area contributed by atoms with Crippen LogP contribution in [-0.2, 0) is 4.79 Å². The van der Waals surface area contributed by atoms with Crippen molar-refractivity contribution in [2.24, 2.45) is 5.92 Å². The normalized spacial score (nSPS) is 17.5. The summed E-state index contributed by atoms with van der Waals surface area (Å²) in [6.45, 7) is 1.15. The molecule has 1 atom stereocenters. The highest BCUT2D eigenvalue weighted by atomic mass is 32.1. The average Bonchev–Trinajstić information content (AvgIpc) is 3.17. The number of nitrogens with zero attached hydrogens (tertiary/aromatic N) is 3. The molecule has 2 heterocycles. The highest BCUT2D eigenvalue weighted by Gasteiger charge is 2.28. The number of hydrogen-bond acceptors (Lipinski definition) is 5. The van der Waals surface area contributed by atoms with Gasteiger partial charge in [-0.2, -0.15) is 5.26 Å². The summed E-state index contributed by atoms with van der Waals surface area (Å²) in [7, 11) is 0. The number of benzene rings is 1. The number of amides is 1. The van der Waals surface area contributed by atoms with Crippen LogP contribution in [0.3, 0.4) is 0 Å². The average molecular weight is 298 g/mol. The minimum atomic E-state index is -0.131. The van der Waals surface area contributed by atoms with Gasteiger partial charge in [-0.3, -0.25) is 4.79 Å². The van der Waals surface area contributed by atoms with Crippen molar-refractivity contribution in [3.05, 3.63) is 36.5 Å². The quantitative estimate of drug-likeness (QED) is 0.884. The predicted molar refractivity (Wildman–Crippen MR) is 81.5 cm³/mol. The molecule has 0 aliphatic carbocycles. The molecule has 1 aliphatic rings. The van der Waals surface area contributed by atoms with Crippen molar-refractivity contribution in [3.8, 4) is 16.6 Å². The van der Waals surface area contributed by atoms with Crippen LogP contribution in [0.4, 0.5) is 5.13 Å². The Morgan fingerprint density at radius 1 is 1.43 bits per heavy atom. The molecule has 21 heavy (non-hydrogen) atoms. The standard InChI is InChI=1S/C15H14N4OS/c16-10-19-7-6-12(9-19)14(20)18-15-17-8-13(21-15)11-4-2-1-3-5-11/h1-5,8,12H,6-7,9H2,(H,17,18,20). The van der Waals surface area contributed by atoms with Crippen molar-refractivity contribution in [3.63, 3.8) is 0 Å². The zero-order chi connectivity index (χ0) is 14.7. The first-order valence-electron chi connectivity index (χ1n) is 6.73. The van der Waals surface area contributed by atoms with Crippen LogP contribution in [0.25, 0.3) is 10.4 Å². The number of nitrogens with one attached hydrogen (secondary N) is 1. The Hall–Kier alpha value is -2.39. The van der Waals surface area contributed by atoms with Gasteiger partial charge in [-0.25, -0.2) is 4.98 Å². The third kappa shape index (κ3) is 3.03. The number of anilines is 1. The monoisotopic (exact) mass is 298 g/mol. The van der Waals surface area contributed by atoms with Gasteiger partial charge >= 0.3 is 0 Å². The summed E-state index contributed by atoms with van der Waals surface area (Å²) in [5, 5.41) is 12.3. The van der Waals surface area contributed by atoms with Gasteiger partial charge < -0.3 is 10.2 Å². The minimum absolute atomic E-state index is 0.0540. The van der Waals surface area contributed by atoms with Crippen LogP contribution >= 0.6 is 11.3 Å². The highest BCUT2D eigenvalue weighted by molar-refractivity contribution is 7.19. The maximum Gasteiger partial charge on any atom is 0.231 e. The van der Waals surface area contributed by atoms with E-state index in [1.165, 1.54) is 11.3 Å². The first-order valence-corrected chi connectivity index (χ1v) is 7.54. The predicted octanol–water partition coefficient (Wildman–Crippen LogP) is 2.55. The van der Waals surface area contributed by atoms with Gasteiger partial charge in [-0.15, -0.1) is 0 Å². The summed E-state index contributed by atoms with van der Waals surface area (Å²) in [5.74, 6) is -0.185. The molecule has 1 N–H and O–H groups in total. The van der Waals surface area contributed by atoms with Crippen LogP contribution in [0.15, 0.2) is 36.5 Å². The molecule has 2 aromatic rings. The molecule has 1 aromatic heterocycles. The van der Waals surface area contributed by atoms with Crippen molar-refractivity contribution in [1.29, 1.82) is 5.26 Å². The van der Waals surface area contributed by atoms with Crippen molar-refractivity contribution in [2.45, 2.75) is 6.42 Å². The number of likely N-dealkylation sites (tertiary alicyclic amines) is 1. The van der Waals surface area contributed by atoms with Crippen LogP contribution in [0.1, 0.15) is 6.42 Å². The van der Waals surface area contributed by atoms with Crippen LogP contribution in [0.5, 0.6) is 0 Å². The molecule has 6 heteroatoms. The number of thiazole rings is 1. The van der Waals surface area contributed by atoms with Crippen LogP contribution in [-0.4, -0.2) is 28.9 Å². The van der Waals surface area contributed by atoms with E-state index >= 15 is 0 Å². The SMILES string of the molecule is N#CN1CCC(C(=O)Nc2ncc(-c3ccccc3)s2)C1. The zero-order valence-corrected chi connectivity index (χ0v) is 12.1. The Balaban J connectivity index is 1.65. The molecule has 1 aliphatic heterocycles. The molecule has 1 fully saturated rings. The Morgan fingerprint density at radius 2 is 2.24 bits per heavy atom. The molecule has 1 amide bonds. The first kappa shape index (κ1) is 13.6. The first-order chi connectivity index (χ1) is 10.3. The van der Waals surface area contributed by atoms with E-state index in [2.05, 4.69) is 16.5 Å². The van der Waals surface area contributed by atoms with Gasteiger partial charge in [0.1, 0.15) is 0 Å². The van der Waals surface area contributed by atoms with E-state index in [1.54, 1.807) is 11.1 Å². The smallest absolute Gasteiger partial charge is 0.231 e. The second-order valence-corrected chi connectivity index (χ2v) is 5.95. The maximum atomic E-state index is 12.1. The molecule has 1 saturated heterocycles. The third-order valence-electron chi connectivity index (χ3n) is 3.49. The summed E-state index contributed by atoms with van der Waals surface area (Å²) >= 11 is 1.46. The van der Waals surface area contributed by atoms with E-state index < -0.39 is 0 Å². The zero-order valence-electron chi connectivity index (χ0n) is 11.3. The van der Waals surface area contributed by atoms with Crippen molar-refractivity contribution < 1.29 is 4.79 Å². The van der Waals surface area contributed by atoms with E-state index in [4.69, 9.17) is 5.26 Å². The second-order valence-electron chi connectivity index (χ2n) is 4.92. The Kier molecular flexibility index (Phi) is 3.84. The lowest BCUT2D eigenvalue weighted by atomic mass is 10.1. The van der Waals surface area contributed by atoms with E-state index in [-0.39, 0.29) is 11.8 Å². The lowest BCUT2D eigenvalue weighted by Crippen LogP contribution is -2.25. The van der Waals surface area contributed by atoms with Crippen molar-refractivity contribution >= 4 is 22.4 Å². The van der Waals surface area contributed by atoms with Gasteiger partial charge in [0.25, 0.3) is 0 Å². The third-order valence-corrected chi connectivity index (χ3v) is 4.46. The summed E-state index contributed by atoms with van der Waals surface area (Å²) in [4.78, 5) is 19.0. The van der Waals surface area contributed by atoms with E-state index in [0.29, 0.717) is 18.2 Å². The second kappa shape index (κ2) is 5.94. The van der Waals surface area contributed by atoms with Gasteiger partial charge in [-0.1, -0.05) is 41.7 Å². The fourth-order valence-corrected chi connectivity index (χ4v) is 3.17. The molecule has 0 saturated carbocycles. The molecule has 1 aromatic carbocycles. The lowest BCUT2D eigenvalue weighted by Gasteiger charge is -2.08. The minimum Gasteiger partial charge on any atom is -0.310 e. The fraction of sp³-hybridized carbons (Fsp3) is 0.267. The highest BCUT2D eigenvalue weighted by Crippen LogP contribution is 2.29. The number of nitriles is 1. The number of carbonyl (C=O) groups excluding carboxylic acids is 1. The summed E-state index contributed by atoms with van der Waals surface area (Å²) < 4.78 is 0. The number of aromatic nitrogens is 1. The summed E-state index contributed by atoms with van der Waals surface area (Å²) in [5.41, 5.74) is 1.09. The molecule has 5 nitrogen and oxygen atoms in total. The van der Waals surface area contributed by atoms with Gasteiger partial charge in [0.15, 0.2) is 11.3 Å². The topological polar surface area (TPSA) is 69.0 Å². The molecular formula is C15H14N4OS. The molecule has 1 unspecified atom stereocenters. The van der Waals surface area contributed by atoms with Gasteiger partial charge in [0, 0.05) is 19.3 Å². The van der Waals surface area contributed by atoms with E-state index in [9.17, 15) is 4.79 Å². The molecule has 0 bridgehead atoms. The van der Waals surface area contributed by atoms with Gasteiger partial charge in [0.05, 0.1) is 10.8 Å². The lowest BCUT2D eigenvalue weighted by molar-refractivity contribution is -0.119. The van der Waals surface area contributed by atoms with Gasteiger partial charge in [0.2, 0.25) is 5.91 Å². The molecule has 0 spiro atoms. The van der Waals surface area contributed by atoms with Crippen LogP contribution in [0, 0.1) is 17.4 Å². The fourth-order valence-electron chi connectivity index (χ4n) is 2.34. The Morgan fingerprint density at radius 3 is 2.95 bits per heavy atom. The van der Waals surface area contributed by atoms with Crippen molar-refractivity contribution in [2.75, 3.05) is 18.4 Å². The molecule has 0 radical (unpaired) electrons. The molecular weight excluding hydrogens is 284 g/mol. The Bertz CT molecular complexity index is 676. The van der Waals surface area contributed by atoms with Crippen LogP contribution in [0.2, 0.25) is 0 Å². The Labute approximate surface area is 126 Å². The van der Waals surface area contributed by atoms with Crippen molar-refractivity contribution in [1.82, 2.24) is 9.88 Å².